The second-order valence-corrected chi connectivity index (χ2v) is 9.21. The van der Waals surface area contributed by atoms with Crippen molar-refractivity contribution in [1.29, 1.82) is 0 Å². The van der Waals surface area contributed by atoms with E-state index in [1.54, 1.807) is 24.3 Å². The molecule has 146 valence electrons. The Kier molecular flexibility index (Phi) is 6.11. The van der Waals surface area contributed by atoms with Gasteiger partial charge in [0.15, 0.2) is 15.0 Å². The second-order valence-electron chi connectivity index (χ2n) is 6.34. The third-order valence-electron chi connectivity index (χ3n) is 4.07. The van der Waals surface area contributed by atoms with Crippen LogP contribution < -0.4 is 10.6 Å². The number of hydrogen-bond acceptors (Lipinski definition) is 6. The number of benzene rings is 2. The van der Waals surface area contributed by atoms with Crippen LogP contribution in [0.1, 0.15) is 18.2 Å². The summed E-state index contributed by atoms with van der Waals surface area (Å²) in [5, 5.41) is 8.46. The molecule has 8 heteroatoms. The lowest BCUT2D eigenvalue weighted by atomic mass is 10.1. The van der Waals surface area contributed by atoms with Crippen molar-refractivity contribution in [3.8, 4) is 0 Å². The van der Waals surface area contributed by atoms with E-state index >= 15 is 0 Å². The highest BCUT2D eigenvalue weighted by atomic mass is 32.2. The molecule has 1 heterocycles. The zero-order chi connectivity index (χ0) is 20.1. The predicted octanol–water partition coefficient (Wildman–Crippen LogP) is 4.03. The lowest BCUT2D eigenvalue weighted by Crippen LogP contribution is -2.14. The van der Waals surface area contributed by atoms with Crippen molar-refractivity contribution in [2.45, 2.75) is 24.7 Å². The van der Waals surface area contributed by atoms with Gasteiger partial charge in [-0.05, 0) is 48.4 Å². The normalized spacial score (nSPS) is 11.2. The zero-order valence-electron chi connectivity index (χ0n) is 15.6. The van der Waals surface area contributed by atoms with Crippen LogP contribution in [0.15, 0.2) is 58.8 Å². The number of amides is 1. The van der Waals surface area contributed by atoms with Gasteiger partial charge in [0.05, 0.1) is 17.0 Å². The molecule has 3 rings (SSSR count). The number of nitrogens with one attached hydrogen (secondary N) is 2. The molecular weight excluding hydrogens is 394 g/mol. The average Bonchev–Trinajstić information content (AvgIpc) is 3.08. The van der Waals surface area contributed by atoms with Crippen molar-refractivity contribution >= 4 is 43.6 Å². The Bertz CT molecular complexity index is 1060. The van der Waals surface area contributed by atoms with Gasteiger partial charge in [-0.2, -0.15) is 0 Å². The van der Waals surface area contributed by atoms with Crippen LogP contribution in [0.3, 0.4) is 0 Å². The second kappa shape index (κ2) is 8.53. The Morgan fingerprint density at radius 1 is 1.04 bits per heavy atom. The first kappa shape index (κ1) is 20.0. The van der Waals surface area contributed by atoms with E-state index < -0.39 is 9.84 Å². The van der Waals surface area contributed by atoms with Crippen LogP contribution in [-0.4, -0.2) is 25.6 Å². The number of nitrogens with zero attached hydrogens (tertiary/aromatic N) is 1. The van der Waals surface area contributed by atoms with Crippen LogP contribution in [-0.2, 0) is 27.5 Å². The number of anilines is 3. The summed E-state index contributed by atoms with van der Waals surface area (Å²) >= 11 is 1.39. The Hall–Kier alpha value is -2.71. The summed E-state index contributed by atoms with van der Waals surface area (Å²) < 4.78 is 23.0. The van der Waals surface area contributed by atoms with Gasteiger partial charge in [0.2, 0.25) is 5.91 Å². The number of aromatic nitrogens is 1. The fraction of sp³-hybridized carbons (Fsp3) is 0.200. The standard InChI is InChI=1S/C20H21N3O3S2/c1-3-14-4-6-15(7-5-14)21-19(24)12-17-13-27-20(23-17)22-16-8-10-18(11-9-16)28(2,25)26/h4-11,13H,3,12H2,1-2H3,(H,21,24)(H,22,23). The van der Waals surface area contributed by atoms with E-state index in [9.17, 15) is 13.2 Å². The van der Waals surface area contributed by atoms with Crippen LogP contribution in [0, 0.1) is 0 Å². The molecule has 1 amide bonds. The number of carbonyl (C=O) groups is 1. The molecule has 0 spiro atoms. The van der Waals surface area contributed by atoms with Crippen molar-refractivity contribution in [1.82, 2.24) is 4.98 Å². The minimum absolute atomic E-state index is 0.126. The maximum absolute atomic E-state index is 12.2. The maximum Gasteiger partial charge on any atom is 0.230 e. The molecule has 0 bridgehead atoms. The van der Waals surface area contributed by atoms with Crippen molar-refractivity contribution in [2.75, 3.05) is 16.9 Å². The minimum Gasteiger partial charge on any atom is -0.332 e. The van der Waals surface area contributed by atoms with Crippen LogP contribution in [0.25, 0.3) is 0 Å². The monoisotopic (exact) mass is 415 g/mol. The molecular formula is C20H21N3O3S2. The van der Waals surface area contributed by atoms with Gasteiger partial charge in [-0.15, -0.1) is 11.3 Å². The molecule has 0 aliphatic heterocycles. The zero-order valence-corrected chi connectivity index (χ0v) is 17.2. The van der Waals surface area contributed by atoms with Gasteiger partial charge in [-0.25, -0.2) is 13.4 Å². The van der Waals surface area contributed by atoms with Crippen molar-refractivity contribution in [3.05, 3.63) is 65.2 Å². The van der Waals surface area contributed by atoms with Gasteiger partial charge in [0.25, 0.3) is 0 Å². The van der Waals surface area contributed by atoms with Gasteiger partial charge in [0.1, 0.15) is 0 Å². The Balaban J connectivity index is 1.58. The SMILES string of the molecule is CCc1ccc(NC(=O)Cc2csc(Nc3ccc(S(C)(=O)=O)cc3)n2)cc1. The third kappa shape index (κ3) is 5.40. The van der Waals surface area contributed by atoms with E-state index in [-0.39, 0.29) is 17.2 Å². The summed E-state index contributed by atoms with van der Waals surface area (Å²) in [4.78, 5) is 16.9. The van der Waals surface area contributed by atoms with E-state index in [0.29, 0.717) is 10.8 Å². The molecule has 0 saturated heterocycles. The van der Waals surface area contributed by atoms with E-state index in [2.05, 4.69) is 22.5 Å². The summed E-state index contributed by atoms with van der Waals surface area (Å²) in [7, 11) is -3.22. The predicted molar refractivity (Wildman–Crippen MR) is 113 cm³/mol. The molecule has 2 N–H and O–H groups in total. The molecule has 6 nitrogen and oxygen atoms in total. The number of carbonyl (C=O) groups excluding carboxylic acids is 1. The first-order valence-corrected chi connectivity index (χ1v) is 11.5. The number of thiazole rings is 1. The molecule has 2 aromatic carbocycles. The summed E-state index contributed by atoms with van der Waals surface area (Å²) in [5.74, 6) is -0.126. The quantitative estimate of drug-likeness (QED) is 0.608. The van der Waals surface area contributed by atoms with Gasteiger partial charge in [0, 0.05) is 23.0 Å². The molecule has 0 aliphatic rings. The topological polar surface area (TPSA) is 88.2 Å². The van der Waals surface area contributed by atoms with E-state index in [1.807, 2.05) is 29.6 Å². The minimum atomic E-state index is -3.22. The molecule has 0 radical (unpaired) electrons. The van der Waals surface area contributed by atoms with E-state index in [1.165, 1.54) is 23.2 Å². The van der Waals surface area contributed by atoms with E-state index in [0.717, 1.165) is 17.8 Å². The summed E-state index contributed by atoms with van der Waals surface area (Å²) in [6.45, 7) is 2.08. The summed E-state index contributed by atoms with van der Waals surface area (Å²) in [6, 6.07) is 14.2. The van der Waals surface area contributed by atoms with Crippen LogP contribution >= 0.6 is 11.3 Å². The van der Waals surface area contributed by atoms with Crippen LogP contribution in [0.4, 0.5) is 16.5 Å². The van der Waals surface area contributed by atoms with Crippen molar-refractivity contribution in [2.24, 2.45) is 0 Å². The number of sulfone groups is 1. The molecule has 0 saturated carbocycles. The Morgan fingerprint density at radius 3 is 2.29 bits per heavy atom. The number of hydrogen-bond donors (Lipinski definition) is 2. The molecule has 1 aromatic heterocycles. The summed E-state index contributed by atoms with van der Waals surface area (Å²) in [5.41, 5.74) is 3.39. The lowest BCUT2D eigenvalue weighted by molar-refractivity contribution is -0.115. The van der Waals surface area contributed by atoms with Gasteiger partial charge >= 0.3 is 0 Å². The van der Waals surface area contributed by atoms with Gasteiger partial charge in [-0.3, -0.25) is 4.79 Å². The van der Waals surface area contributed by atoms with E-state index in [4.69, 9.17) is 0 Å². The Morgan fingerprint density at radius 2 is 1.68 bits per heavy atom. The molecule has 0 atom stereocenters. The fourth-order valence-electron chi connectivity index (χ4n) is 2.55. The van der Waals surface area contributed by atoms with Crippen LogP contribution in [0.2, 0.25) is 0 Å². The molecule has 3 aromatic rings. The van der Waals surface area contributed by atoms with Gasteiger partial charge in [-0.1, -0.05) is 19.1 Å². The molecule has 0 fully saturated rings. The molecule has 0 aliphatic carbocycles. The first-order valence-electron chi connectivity index (χ1n) is 8.74. The third-order valence-corrected chi connectivity index (χ3v) is 6.01. The maximum atomic E-state index is 12.2. The lowest BCUT2D eigenvalue weighted by Gasteiger charge is -2.05. The first-order chi connectivity index (χ1) is 13.3. The highest BCUT2D eigenvalue weighted by molar-refractivity contribution is 7.90. The highest BCUT2D eigenvalue weighted by Gasteiger charge is 2.10. The van der Waals surface area contributed by atoms with Gasteiger partial charge < -0.3 is 10.6 Å². The smallest absolute Gasteiger partial charge is 0.230 e. The fourth-order valence-corrected chi connectivity index (χ4v) is 3.91. The molecule has 0 unspecified atom stereocenters. The average molecular weight is 416 g/mol. The summed E-state index contributed by atoms with van der Waals surface area (Å²) in [6.07, 6.45) is 2.31. The largest absolute Gasteiger partial charge is 0.332 e. The number of aryl methyl sites for hydroxylation is 1. The van der Waals surface area contributed by atoms with Crippen molar-refractivity contribution < 1.29 is 13.2 Å². The number of rotatable bonds is 7. The molecule has 28 heavy (non-hydrogen) atoms. The Labute approximate surface area is 168 Å². The highest BCUT2D eigenvalue weighted by Crippen LogP contribution is 2.22. The van der Waals surface area contributed by atoms with Crippen LogP contribution in [0.5, 0.6) is 0 Å². The van der Waals surface area contributed by atoms with Crippen molar-refractivity contribution in [3.63, 3.8) is 0 Å².